The van der Waals surface area contributed by atoms with E-state index in [0.29, 0.717) is 35.7 Å². The number of allylic oxidation sites excluding steroid dienone is 1. The van der Waals surface area contributed by atoms with E-state index in [1.165, 1.54) is 0 Å². The van der Waals surface area contributed by atoms with E-state index in [0.717, 1.165) is 31.7 Å². The molecule has 2 N–H and O–H groups in total. The Morgan fingerprint density at radius 2 is 1.83 bits per heavy atom. The van der Waals surface area contributed by atoms with E-state index >= 15 is 0 Å². The number of piperazine rings is 1. The van der Waals surface area contributed by atoms with Gasteiger partial charge in [-0.2, -0.15) is 0 Å². The number of β-amino-alcohol motifs (C(OH)–C–C–N with tert-alkyl or cyclic N) is 1. The van der Waals surface area contributed by atoms with Crippen LogP contribution in [0, 0.1) is 0 Å². The molecule has 158 valence electrons. The standard InChI is InChI=1S/C23H26N2O5/c1-29-20-5-3-2-4-16(20)14-21-22(28)17-6-7-19(27)18(23(17)30-21)15-25-10-8-24(9-11-25)12-13-26/h2-7,14,26-27H,8-13,15H2,1H3. The van der Waals surface area contributed by atoms with Crippen molar-refractivity contribution < 1.29 is 24.5 Å². The molecule has 0 amide bonds. The summed E-state index contributed by atoms with van der Waals surface area (Å²) in [6.07, 6.45) is 1.68. The van der Waals surface area contributed by atoms with Crippen molar-refractivity contribution in [2.45, 2.75) is 6.54 Å². The molecule has 4 rings (SSSR count). The van der Waals surface area contributed by atoms with Crippen molar-refractivity contribution in [2.75, 3.05) is 46.4 Å². The molecular formula is C23H26N2O5. The minimum absolute atomic E-state index is 0.123. The lowest BCUT2D eigenvalue weighted by Crippen LogP contribution is -2.46. The molecule has 2 heterocycles. The summed E-state index contributed by atoms with van der Waals surface area (Å²) in [6, 6.07) is 10.6. The molecule has 0 atom stereocenters. The summed E-state index contributed by atoms with van der Waals surface area (Å²) in [5.41, 5.74) is 1.84. The first kappa shape index (κ1) is 20.4. The number of nitrogens with zero attached hydrogens (tertiary/aromatic N) is 2. The smallest absolute Gasteiger partial charge is 0.231 e. The number of hydrogen-bond donors (Lipinski definition) is 2. The number of ether oxygens (including phenoxy) is 2. The summed E-state index contributed by atoms with van der Waals surface area (Å²) in [4.78, 5) is 17.3. The normalized spacial score (nSPS) is 18.5. The number of benzene rings is 2. The van der Waals surface area contributed by atoms with Gasteiger partial charge in [0, 0.05) is 44.8 Å². The van der Waals surface area contributed by atoms with Crippen molar-refractivity contribution in [1.82, 2.24) is 9.80 Å². The number of phenols is 1. The third-order valence-corrected chi connectivity index (χ3v) is 5.60. The first-order valence-electron chi connectivity index (χ1n) is 10.1. The summed E-state index contributed by atoms with van der Waals surface area (Å²) in [5, 5.41) is 19.6. The molecule has 2 aromatic rings. The Labute approximate surface area is 175 Å². The number of fused-ring (bicyclic) bond motifs is 1. The molecule has 1 fully saturated rings. The average molecular weight is 410 g/mol. The van der Waals surface area contributed by atoms with Crippen molar-refractivity contribution in [3.8, 4) is 17.2 Å². The van der Waals surface area contributed by atoms with E-state index in [9.17, 15) is 9.90 Å². The highest BCUT2D eigenvalue weighted by molar-refractivity contribution is 6.15. The van der Waals surface area contributed by atoms with Gasteiger partial charge in [0.1, 0.15) is 17.2 Å². The number of rotatable bonds is 6. The van der Waals surface area contributed by atoms with Crippen LogP contribution in [0.2, 0.25) is 0 Å². The molecule has 7 nitrogen and oxygen atoms in total. The summed E-state index contributed by atoms with van der Waals surface area (Å²) in [7, 11) is 1.58. The van der Waals surface area contributed by atoms with Gasteiger partial charge in [0.25, 0.3) is 0 Å². The SMILES string of the molecule is COc1ccccc1C=C1Oc2c(ccc(O)c2CN2CCN(CCO)CC2)C1=O. The summed E-state index contributed by atoms with van der Waals surface area (Å²) in [5.74, 6) is 1.22. The number of phenolic OH excluding ortho intramolecular Hbond substituents is 1. The lowest BCUT2D eigenvalue weighted by Gasteiger charge is -2.34. The van der Waals surface area contributed by atoms with Gasteiger partial charge in [0.2, 0.25) is 5.78 Å². The van der Waals surface area contributed by atoms with Gasteiger partial charge >= 0.3 is 0 Å². The highest BCUT2D eigenvalue weighted by Gasteiger charge is 2.32. The molecule has 1 saturated heterocycles. The lowest BCUT2D eigenvalue weighted by atomic mass is 10.0. The van der Waals surface area contributed by atoms with Crippen LogP contribution in [-0.4, -0.2) is 72.2 Å². The highest BCUT2D eigenvalue weighted by atomic mass is 16.5. The van der Waals surface area contributed by atoms with Crippen LogP contribution < -0.4 is 9.47 Å². The zero-order chi connectivity index (χ0) is 21.1. The Kier molecular flexibility index (Phi) is 6.03. The van der Waals surface area contributed by atoms with Gasteiger partial charge in [-0.1, -0.05) is 18.2 Å². The van der Waals surface area contributed by atoms with Crippen molar-refractivity contribution in [3.05, 3.63) is 58.8 Å². The Bertz CT molecular complexity index is 964. The van der Waals surface area contributed by atoms with Gasteiger partial charge in [0.15, 0.2) is 5.76 Å². The molecule has 2 aromatic carbocycles. The molecule has 0 aromatic heterocycles. The number of aromatic hydroxyl groups is 1. The largest absolute Gasteiger partial charge is 0.507 e. The zero-order valence-corrected chi connectivity index (χ0v) is 17.0. The van der Waals surface area contributed by atoms with Gasteiger partial charge in [0.05, 0.1) is 24.8 Å². The van der Waals surface area contributed by atoms with Gasteiger partial charge in [-0.15, -0.1) is 0 Å². The fraction of sp³-hybridized carbons (Fsp3) is 0.348. The van der Waals surface area contributed by atoms with Crippen LogP contribution in [0.4, 0.5) is 0 Å². The number of para-hydroxylation sites is 1. The molecule has 0 radical (unpaired) electrons. The average Bonchev–Trinajstić information content (AvgIpc) is 3.07. The highest BCUT2D eigenvalue weighted by Crippen LogP contribution is 2.40. The molecule has 0 saturated carbocycles. The predicted molar refractivity (Wildman–Crippen MR) is 113 cm³/mol. The molecule has 7 heteroatoms. The van der Waals surface area contributed by atoms with E-state index in [2.05, 4.69) is 9.80 Å². The van der Waals surface area contributed by atoms with Crippen LogP contribution in [0.3, 0.4) is 0 Å². The minimum atomic E-state index is -0.204. The number of methoxy groups -OCH3 is 1. The summed E-state index contributed by atoms with van der Waals surface area (Å²) >= 11 is 0. The van der Waals surface area contributed by atoms with Gasteiger partial charge in [-0.05, 0) is 24.3 Å². The minimum Gasteiger partial charge on any atom is -0.507 e. The monoisotopic (exact) mass is 410 g/mol. The molecule has 2 aliphatic rings. The maximum Gasteiger partial charge on any atom is 0.231 e. The number of carbonyl (C=O) groups excluding carboxylic acids is 1. The maximum absolute atomic E-state index is 12.9. The second-order valence-corrected chi connectivity index (χ2v) is 7.46. The third kappa shape index (κ3) is 4.05. The number of ketones is 1. The Morgan fingerprint density at radius 1 is 1.10 bits per heavy atom. The molecular weight excluding hydrogens is 384 g/mol. The Balaban J connectivity index is 1.57. The molecule has 2 aliphatic heterocycles. The van der Waals surface area contributed by atoms with E-state index in [4.69, 9.17) is 14.6 Å². The first-order valence-corrected chi connectivity index (χ1v) is 10.1. The van der Waals surface area contributed by atoms with Crippen LogP contribution in [0.1, 0.15) is 21.5 Å². The molecule has 0 bridgehead atoms. The van der Waals surface area contributed by atoms with E-state index in [1.807, 2.05) is 24.3 Å². The number of aliphatic hydroxyl groups is 1. The Hall–Kier alpha value is -2.87. The molecule has 0 aliphatic carbocycles. The van der Waals surface area contributed by atoms with E-state index < -0.39 is 0 Å². The zero-order valence-electron chi connectivity index (χ0n) is 17.0. The van der Waals surface area contributed by atoms with E-state index in [1.54, 1.807) is 25.3 Å². The number of hydrogen-bond acceptors (Lipinski definition) is 7. The first-order chi connectivity index (χ1) is 14.6. The second kappa shape index (κ2) is 8.87. The third-order valence-electron chi connectivity index (χ3n) is 5.60. The van der Waals surface area contributed by atoms with Crippen molar-refractivity contribution in [2.24, 2.45) is 0 Å². The topological polar surface area (TPSA) is 82.5 Å². The van der Waals surface area contributed by atoms with Crippen LogP contribution in [0.25, 0.3) is 6.08 Å². The van der Waals surface area contributed by atoms with E-state index in [-0.39, 0.29) is 23.9 Å². The molecule has 0 spiro atoms. The number of Topliss-reactive ketones (excluding diaryl/α,β-unsaturated/α-hetero) is 1. The number of aliphatic hydroxyl groups excluding tert-OH is 1. The lowest BCUT2D eigenvalue weighted by molar-refractivity contribution is 0.101. The number of carbonyl (C=O) groups is 1. The molecule has 30 heavy (non-hydrogen) atoms. The van der Waals surface area contributed by atoms with Crippen LogP contribution in [0.15, 0.2) is 42.2 Å². The summed E-state index contributed by atoms with van der Waals surface area (Å²) in [6.45, 7) is 4.68. The van der Waals surface area contributed by atoms with Gasteiger partial charge in [-0.3, -0.25) is 14.6 Å². The Morgan fingerprint density at radius 3 is 2.57 bits per heavy atom. The fourth-order valence-electron chi connectivity index (χ4n) is 3.91. The second-order valence-electron chi connectivity index (χ2n) is 7.46. The molecule has 0 unspecified atom stereocenters. The predicted octanol–water partition coefficient (Wildman–Crippen LogP) is 2.13. The van der Waals surface area contributed by atoms with Gasteiger partial charge < -0.3 is 19.7 Å². The summed E-state index contributed by atoms with van der Waals surface area (Å²) < 4.78 is 11.3. The van der Waals surface area contributed by atoms with Crippen LogP contribution in [0.5, 0.6) is 17.2 Å². The quantitative estimate of drug-likeness (QED) is 0.706. The van der Waals surface area contributed by atoms with Crippen molar-refractivity contribution in [3.63, 3.8) is 0 Å². The van der Waals surface area contributed by atoms with Gasteiger partial charge in [-0.25, -0.2) is 0 Å². The maximum atomic E-state index is 12.9. The van der Waals surface area contributed by atoms with Crippen LogP contribution >= 0.6 is 0 Å². The van der Waals surface area contributed by atoms with Crippen LogP contribution in [-0.2, 0) is 6.54 Å². The van der Waals surface area contributed by atoms with Crippen molar-refractivity contribution >= 4 is 11.9 Å². The van der Waals surface area contributed by atoms with Crippen molar-refractivity contribution in [1.29, 1.82) is 0 Å². The fourth-order valence-corrected chi connectivity index (χ4v) is 3.91.